The van der Waals surface area contributed by atoms with E-state index in [-0.39, 0.29) is 5.75 Å². The number of pyridine rings is 1. The minimum Gasteiger partial charge on any atom is -0.450 e. The first kappa shape index (κ1) is 22.3. The Balaban J connectivity index is 1.37. The summed E-state index contributed by atoms with van der Waals surface area (Å²) in [6.45, 7) is 0. The Labute approximate surface area is 202 Å². The van der Waals surface area contributed by atoms with E-state index in [0.29, 0.717) is 34.0 Å². The van der Waals surface area contributed by atoms with Gasteiger partial charge >= 0.3 is 5.69 Å². The van der Waals surface area contributed by atoms with Crippen molar-refractivity contribution in [3.05, 3.63) is 111 Å². The van der Waals surface area contributed by atoms with E-state index in [0.717, 1.165) is 17.7 Å². The van der Waals surface area contributed by atoms with Gasteiger partial charge in [0.2, 0.25) is 11.6 Å². The molecule has 0 atom stereocenters. The smallest absolute Gasteiger partial charge is 0.318 e. The Morgan fingerprint density at radius 1 is 0.944 bits per heavy atom. The van der Waals surface area contributed by atoms with Crippen LogP contribution in [0.15, 0.2) is 94.6 Å². The van der Waals surface area contributed by atoms with Gasteiger partial charge < -0.3 is 9.15 Å². The molecule has 0 amide bonds. The molecule has 0 aliphatic rings. The van der Waals surface area contributed by atoms with Crippen LogP contribution in [0.3, 0.4) is 0 Å². The maximum atomic E-state index is 11.4. The molecule has 0 radical (unpaired) electrons. The van der Waals surface area contributed by atoms with Crippen molar-refractivity contribution in [3.8, 4) is 23.0 Å². The Morgan fingerprint density at radius 2 is 1.83 bits per heavy atom. The normalized spacial score (nSPS) is 11.1. The number of nitro benzene ring substituents is 2. The van der Waals surface area contributed by atoms with Gasteiger partial charge in [-0.25, -0.2) is 4.98 Å². The summed E-state index contributed by atoms with van der Waals surface area (Å²) in [6, 6.07) is 19.0. The van der Waals surface area contributed by atoms with Crippen LogP contribution in [-0.4, -0.2) is 26.0 Å². The Bertz CT molecular complexity index is 1630. The number of nitro groups is 2. The average Bonchev–Trinajstić information content (AvgIpc) is 3.32. The summed E-state index contributed by atoms with van der Waals surface area (Å²) in [5.41, 5.74) is 2.45. The third-order valence-electron chi connectivity index (χ3n) is 5.08. The van der Waals surface area contributed by atoms with Crippen LogP contribution < -0.4 is 4.74 Å². The number of hydrogen-bond acceptors (Lipinski definition) is 9. The van der Waals surface area contributed by atoms with Gasteiger partial charge in [0.1, 0.15) is 11.3 Å². The van der Waals surface area contributed by atoms with Gasteiger partial charge in [-0.05, 0) is 54.1 Å². The summed E-state index contributed by atoms with van der Waals surface area (Å²) in [6.07, 6.45) is 4.96. The lowest BCUT2D eigenvalue weighted by Crippen LogP contribution is -1.96. The molecule has 0 N–H and O–H groups in total. The minimum absolute atomic E-state index is 0.111. The first-order chi connectivity index (χ1) is 17.5. The lowest BCUT2D eigenvalue weighted by Gasteiger charge is -2.07. The third-order valence-corrected chi connectivity index (χ3v) is 5.08. The van der Waals surface area contributed by atoms with E-state index in [9.17, 15) is 20.2 Å². The standard InChI is InChI=1S/C25H15N5O6/c31-29(32)19-7-9-24(22(13-19)30(33)34)35-20-5-1-3-16(11-20)14-27-18-6-8-23-21(12-18)28-25(36-23)17-4-2-10-26-15-17/h1-15H. The van der Waals surface area contributed by atoms with Gasteiger partial charge in [-0.3, -0.25) is 30.2 Å². The largest absolute Gasteiger partial charge is 0.450 e. The molecule has 0 saturated heterocycles. The van der Waals surface area contributed by atoms with Crippen LogP contribution in [0, 0.1) is 20.2 Å². The molecule has 5 aromatic rings. The van der Waals surface area contributed by atoms with Crippen molar-refractivity contribution in [2.75, 3.05) is 0 Å². The molecule has 176 valence electrons. The molecule has 0 fully saturated rings. The fourth-order valence-corrected chi connectivity index (χ4v) is 3.39. The van der Waals surface area contributed by atoms with E-state index < -0.39 is 21.2 Å². The Hall–Kier alpha value is -5.45. The van der Waals surface area contributed by atoms with E-state index in [4.69, 9.17) is 9.15 Å². The zero-order valence-corrected chi connectivity index (χ0v) is 18.3. The monoisotopic (exact) mass is 481 g/mol. The lowest BCUT2D eigenvalue weighted by molar-refractivity contribution is -0.394. The summed E-state index contributed by atoms with van der Waals surface area (Å²) in [5.74, 6) is 0.661. The molecule has 36 heavy (non-hydrogen) atoms. The highest BCUT2D eigenvalue weighted by molar-refractivity contribution is 5.85. The summed E-state index contributed by atoms with van der Waals surface area (Å²) in [5, 5.41) is 22.3. The van der Waals surface area contributed by atoms with Crippen LogP contribution in [0.1, 0.15) is 5.56 Å². The number of ether oxygens (including phenoxy) is 1. The number of oxazole rings is 1. The van der Waals surface area contributed by atoms with Crippen LogP contribution in [0.4, 0.5) is 17.1 Å². The van der Waals surface area contributed by atoms with Crippen molar-refractivity contribution >= 4 is 34.4 Å². The average molecular weight is 481 g/mol. The van der Waals surface area contributed by atoms with E-state index >= 15 is 0 Å². The van der Waals surface area contributed by atoms with Crippen LogP contribution in [0.25, 0.3) is 22.6 Å². The molecular weight excluding hydrogens is 466 g/mol. The van der Waals surface area contributed by atoms with Gasteiger partial charge in [-0.15, -0.1) is 0 Å². The highest BCUT2D eigenvalue weighted by Gasteiger charge is 2.21. The molecule has 11 heteroatoms. The van der Waals surface area contributed by atoms with E-state index in [1.807, 2.05) is 6.07 Å². The molecular formula is C25H15N5O6. The summed E-state index contributed by atoms with van der Waals surface area (Å²) in [7, 11) is 0. The molecule has 11 nitrogen and oxygen atoms in total. The second-order valence-electron chi connectivity index (χ2n) is 7.51. The van der Waals surface area contributed by atoms with Crippen LogP contribution >= 0.6 is 0 Å². The maximum Gasteiger partial charge on any atom is 0.318 e. The molecule has 2 heterocycles. The van der Waals surface area contributed by atoms with Crippen LogP contribution in [0.5, 0.6) is 11.5 Å². The fourth-order valence-electron chi connectivity index (χ4n) is 3.39. The highest BCUT2D eigenvalue weighted by atomic mass is 16.6. The molecule has 0 unspecified atom stereocenters. The Kier molecular flexibility index (Phi) is 5.85. The predicted octanol–water partition coefficient (Wildman–Crippen LogP) is 6.25. The molecule has 0 spiro atoms. The molecule has 0 aliphatic heterocycles. The molecule has 3 aromatic carbocycles. The molecule has 0 saturated carbocycles. The summed E-state index contributed by atoms with van der Waals surface area (Å²) >= 11 is 0. The lowest BCUT2D eigenvalue weighted by atomic mass is 10.2. The van der Waals surface area contributed by atoms with Gasteiger partial charge in [0.15, 0.2) is 5.58 Å². The minimum atomic E-state index is -0.729. The van der Waals surface area contributed by atoms with Gasteiger partial charge in [-0.1, -0.05) is 12.1 Å². The molecule has 0 aliphatic carbocycles. The number of aliphatic imine (C=N–C) groups is 1. The van der Waals surface area contributed by atoms with E-state index in [1.165, 1.54) is 6.07 Å². The zero-order valence-electron chi connectivity index (χ0n) is 18.3. The number of fused-ring (bicyclic) bond motifs is 1. The number of nitrogens with zero attached hydrogens (tertiary/aromatic N) is 5. The highest BCUT2D eigenvalue weighted by Crippen LogP contribution is 2.34. The third kappa shape index (κ3) is 4.75. The van der Waals surface area contributed by atoms with E-state index in [2.05, 4.69) is 15.0 Å². The van der Waals surface area contributed by atoms with Crippen molar-refractivity contribution < 1.29 is 19.0 Å². The van der Waals surface area contributed by atoms with Crippen molar-refractivity contribution in [2.24, 2.45) is 4.99 Å². The maximum absolute atomic E-state index is 11.4. The van der Waals surface area contributed by atoms with Crippen LogP contribution in [-0.2, 0) is 0 Å². The predicted molar refractivity (Wildman–Crippen MR) is 131 cm³/mol. The second-order valence-corrected chi connectivity index (χ2v) is 7.51. The number of aromatic nitrogens is 2. The number of rotatable bonds is 7. The first-order valence-electron chi connectivity index (χ1n) is 10.5. The summed E-state index contributed by atoms with van der Waals surface area (Å²) < 4.78 is 11.4. The first-order valence-corrected chi connectivity index (χ1v) is 10.5. The fraction of sp³-hybridized carbons (Fsp3) is 0. The molecule has 5 rings (SSSR count). The van der Waals surface area contributed by atoms with Crippen molar-refractivity contribution in [1.29, 1.82) is 0 Å². The number of non-ortho nitro benzene ring substituents is 1. The molecule has 2 aromatic heterocycles. The van der Waals surface area contributed by atoms with Crippen molar-refractivity contribution in [1.82, 2.24) is 9.97 Å². The molecule has 0 bridgehead atoms. The SMILES string of the molecule is O=[N+]([O-])c1ccc(Oc2cccc(C=Nc3ccc4oc(-c5cccnc5)nc4c3)c2)c([N+](=O)[O-])c1. The Morgan fingerprint density at radius 3 is 2.61 bits per heavy atom. The second kappa shape index (κ2) is 9.43. The zero-order chi connectivity index (χ0) is 25.1. The van der Waals surface area contributed by atoms with Gasteiger partial charge in [0.25, 0.3) is 5.69 Å². The van der Waals surface area contributed by atoms with Crippen LogP contribution in [0.2, 0.25) is 0 Å². The van der Waals surface area contributed by atoms with Gasteiger partial charge in [0, 0.05) is 24.7 Å². The van der Waals surface area contributed by atoms with Gasteiger partial charge in [0.05, 0.1) is 27.2 Å². The quantitative estimate of drug-likeness (QED) is 0.150. The van der Waals surface area contributed by atoms with Crippen molar-refractivity contribution in [3.63, 3.8) is 0 Å². The van der Waals surface area contributed by atoms with E-state index in [1.54, 1.807) is 67.1 Å². The number of benzene rings is 3. The van der Waals surface area contributed by atoms with Gasteiger partial charge in [-0.2, -0.15) is 0 Å². The van der Waals surface area contributed by atoms with Crippen molar-refractivity contribution in [2.45, 2.75) is 0 Å². The summed E-state index contributed by atoms with van der Waals surface area (Å²) in [4.78, 5) is 33.9. The topological polar surface area (TPSA) is 147 Å². The number of hydrogen-bond donors (Lipinski definition) is 0.